The molecule has 6 aromatic rings. The summed E-state index contributed by atoms with van der Waals surface area (Å²) in [6.07, 6.45) is 5.49. The van der Waals surface area contributed by atoms with E-state index in [-0.39, 0.29) is 11.6 Å². The molecule has 9 heteroatoms. The Labute approximate surface area is 301 Å². The first kappa shape index (κ1) is 34.8. The summed E-state index contributed by atoms with van der Waals surface area (Å²) in [6, 6.07) is 40.7. The van der Waals surface area contributed by atoms with Gasteiger partial charge < -0.3 is 25.7 Å². The van der Waals surface area contributed by atoms with Gasteiger partial charge >= 0.3 is 0 Å². The van der Waals surface area contributed by atoms with E-state index in [9.17, 15) is 14.4 Å². The lowest BCUT2D eigenvalue weighted by atomic mass is 10.1. The lowest BCUT2D eigenvalue weighted by molar-refractivity contribution is -0.116. The highest BCUT2D eigenvalue weighted by Gasteiger charge is 2.23. The molecular weight excluding hydrogens is 657 g/mol. The quantitative estimate of drug-likeness (QED) is 0.0516. The summed E-state index contributed by atoms with van der Waals surface area (Å²) >= 11 is 1.37. The van der Waals surface area contributed by atoms with E-state index in [0.717, 1.165) is 45.5 Å². The number of carbonyl (C=O) groups excluding carboxylic acids is 3. The Balaban J connectivity index is 1.21. The molecule has 0 saturated carbocycles. The van der Waals surface area contributed by atoms with Gasteiger partial charge in [-0.15, -0.1) is 11.8 Å². The zero-order valence-electron chi connectivity index (χ0n) is 28.1. The van der Waals surface area contributed by atoms with Crippen molar-refractivity contribution in [2.45, 2.75) is 29.9 Å². The third-order valence-electron chi connectivity index (χ3n) is 8.02. The van der Waals surface area contributed by atoms with Gasteiger partial charge in [-0.25, -0.2) is 0 Å². The number of rotatable bonds is 14. The standard InChI is InChI=1S/C42H38N4O4S/c1-2-3-25-50-34-23-21-32(22-24-34)44-42(49)39(29-13-6-4-7-14-29)51-35-18-12-17-33(27-35)45-41(48)38(46-40(47)30-15-8-5-9-16-30)26-31-28-43-37-20-11-10-19-36(31)37/h4-24,26-28,39,43H,2-3,25H2,1H3,(H,44,49)(H,45,48)(H,46,47)/b38-26-. The molecule has 5 aromatic carbocycles. The zero-order valence-corrected chi connectivity index (χ0v) is 28.9. The number of thioether (sulfide) groups is 1. The highest BCUT2D eigenvalue weighted by atomic mass is 32.2. The second-order valence-electron chi connectivity index (χ2n) is 11.8. The molecule has 1 heterocycles. The average Bonchev–Trinajstić information content (AvgIpc) is 3.57. The molecule has 0 radical (unpaired) electrons. The molecule has 1 atom stereocenters. The van der Waals surface area contributed by atoms with E-state index in [4.69, 9.17) is 4.74 Å². The van der Waals surface area contributed by atoms with Crippen LogP contribution in [-0.4, -0.2) is 29.3 Å². The van der Waals surface area contributed by atoms with Crippen molar-refractivity contribution in [3.63, 3.8) is 0 Å². The molecule has 0 aliphatic carbocycles. The Morgan fingerprint density at radius 2 is 1.51 bits per heavy atom. The number of H-pyrrole nitrogens is 1. The van der Waals surface area contributed by atoms with Crippen LogP contribution in [0.1, 0.15) is 46.5 Å². The summed E-state index contributed by atoms with van der Waals surface area (Å²) in [5.74, 6) is -0.330. The Kier molecular flexibility index (Phi) is 11.6. The van der Waals surface area contributed by atoms with Gasteiger partial charge in [0.2, 0.25) is 5.91 Å². The molecule has 0 spiro atoms. The van der Waals surface area contributed by atoms with Crippen molar-refractivity contribution in [2.75, 3.05) is 17.2 Å². The molecule has 256 valence electrons. The number of nitrogens with one attached hydrogen (secondary N) is 4. The maximum Gasteiger partial charge on any atom is 0.272 e. The molecule has 6 rings (SSSR count). The largest absolute Gasteiger partial charge is 0.494 e. The van der Waals surface area contributed by atoms with E-state index >= 15 is 0 Å². The molecule has 0 aliphatic heterocycles. The van der Waals surface area contributed by atoms with Crippen LogP contribution >= 0.6 is 11.8 Å². The van der Waals surface area contributed by atoms with Crippen molar-refractivity contribution in [1.29, 1.82) is 0 Å². The molecule has 0 saturated heterocycles. The van der Waals surface area contributed by atoms with Crippen LogP contribution in [0.2, 0.25) is 0 Å². The summed E-state index contributed by atoms with van der Waals surface area (Å²) in [5, 5.41) is 9.13. The normalized spacial score (nSPS) is 11.8. The molecule has 3 amide bonds. The van der Waals surface area contributed by atoms with Crippen molar-refractivity contribution in [1.82, 2.24) is 10.3 Å². The minimum Gasteiger partial charge on any atom is -0.494 e. The fraction of sp³-hybridized carbons (Fsp3) is 0.119. The van der Waals surface area contributed by atoms with Gasteiger partial charge in [0.05, 0.1) is 6.61 Å². The number of aromatic amines is 1. The molecular formula is C42H38N4O4S. The predicted molar refractivity (Wildman–Crippen MR) is 206 cm³/mol. The number of aromatic nitrogens is 1. The van der Waals surface area contributed by atoms with Gasteiger partial charge in [-0.05, 0) is 78.7 Å². The van der Waals surface area contributed by atoms with Crippen LogP contribution in [0.15, 0.2) is 150 Å². The Hall–Kier alpha value is -6.06. The Morgan fingerprint density at radius 3 is 2.27 bits per heavy atom. The number of hydrogen-bond acceptors (Lipinski definition) is 5. The van der Waals surface area contributed by atoms with Crippen molar-refractivity contribution >= 4 is 57.8 Å². The molecule has 8 nitrogen and oxygen atoms in total. The fourth-order valence-electron chi connectivity index (χ4n) is 5.37. The Morgan fingerprint density at radius 1 is 0.784 bits per heavy atom. The molecule has 0 bridgehead atoms. The van der Waals surface area contributed by atoms with E-state index < -0.39 is 17.1 Å². The smallest absolute Gasteiger partial charge is 0.272 e. The van der Waals surface area contributed by atoms with Gasteiger partial charge in [0.25, 0.3) is 11.8 Å². The summed E-state index contributed by atoms with van der Waals surface area (Å²) < 4.78 is 5.77. The van der Waals surface area contributed by atoms with Crippen LogP contribution < -0.4 is 20.7 Å². The van der Waals surface area contributed by atoms with E-state index in [1.54, 1.807) is 42.6 Å². The third-order valence-corrected chi connectivity index (χ3v) is 9.27. The number of para-hydroxylation sites is 1. The summed E-state index contributed by atoms with van der Waals surface area (Å²) in [6.45, 7) is 2.77. The summed E-state index contributed by atoms with van der Waals surface area (Å²) in [7, 11) is 0. The van der Waals surface area contributed by atoms with E-state index in [1.807, 2.05) is 103 Å². The lowest BCUT2D eigenvalue weighted by Crippen LogP contribution is -2.30. The van der Waals surface area contributed by atoms with Crippen molar-refractivity contribution in [2.24, 2.45) is 0 Å². The molecule has 1 aromatic heterocycles. The monoisotopic (exact) mass is 694 g/mol. The second kappa shape index (κ2) is 17.0. The van der Waals surface area contributed by atoms with Crippen LogP contribution in [0.25, 0.3) is 17.0 Å². The number of hydrogen-bond donors (Lipinski definition) is 4. The van der Waals surface area contributed by atoms with Crippen molar-refractivity contribution in [3.8, 4) is 5.75 Å². The van der Waals surface area contributed by atoms with Crippen LogP contribution in [-0.2, 0) is 9.59 Å². The number of fused-ring (bicyclic) bond motifs is 1. The number of benzene rings is 5. The predicted octanol–water partition coefficient (Wildman–Crippen LogP) is 9.23. The topological polar surface area (TPSA) is 112 Å². The maximum absolute atomic E-state index is 13.8. The Bertz CT molecular complexity index is 2130. The highest BCUT2D eigenvalue weighted by Crippen LogP contribution is 2.37. The first-order valence-corrected chi connectivity index (χ1v) is 17.7. The zero-order chi connectivity index (χ0) is 35.4. The second-order valence-corrected chi connectivity index (χ2v) is 13.0. The lowest BCUT2D eigenvalue weighted by Gasteiger charge is -2.18. The van der Waals surface area contributed by atoms with Crippen LogP contribution in [0.3, 0.4) is 0 Å². The van der Waals surface area contributed by atoms with Crippen LogP contribution in [0.5, 0.6) is 5.75 Å². The average molecular weight is 695 g/mol. The number of unbranched alkanes of at least 4 members (excludes halogenated alkanes) is 1. The SMILES string of the molecule is CCCCOc1ccc(NC(=O)C(Sc2cccc(NC(=O)/C(=C/c3c[nH]c4ccccc34)NC(=O)c3ccccc3)c2)c2ccccc2)cc1. The molecule has 4 N–H and O–H groups in total. The van der Waals surface area contributed by atoms with Crippen molar-refractivity contribution in [3.05, 3.63) is 162 Å². The minimum atomic E-state index is -0.583. The summed E-state index contributed by atoms with van der Waals surface area (Å²) in [5.41, 5.74) is 4.18. The van der Waals surface area contributed by atoms with Gasteiger partial charge in [0, 0.05) is 44.5 Å². The van der Waals surface area contributed by atoms with Gasteiger partial charge in [0.15, 0.2) is 0 Å². The van der Waals surface area contributed by atoms with Crippen LogP contribution in [0, 0.1) is 0 Å². The summed E-state index contributed by atoms with van der Waals surface area (Å²) in [4.78, 5) is 44.7. The number of ether oxygens (including phenoxy) is 1. The van der Waals surface area contributed by atoms with Gasteiger partial charge in [-0.3, -0.25) is 14.4 Å². The first-order valence-electron chi connectivity index (χ1n) is 16.8. The molecule has 0 fully saturated rings. The van der Waals surface area contributed by atoms with E-state index in [2.05, 4.69) is 27.9 Å². The van der Waals surface area contributed by atoms with Gasteiger partial charge in [-0.1, -0.05) is 86.1 Å². The molecule has 0 aliphatic rings. The van der Waals surface area contributed by atoms with Crippen LogP contribution in [0.4, 0.5) is 11.4 Å². The number of anilines is 2. The third kappa shape index (κ3) is 9.35. The number of amides is 3. The van der Waals surface area contributed by atoms with E-state index in [0.29, 0.717) is 23.5 Å². The van der Waals surface area contributed by atoms with Gasteiger partial charge in [-0.2, -0.15) is 0 Å². The molecule has 1 unspecified atom stereocenters. The highest BCUT2D eigenvalue weighted by molar-refractivity contribution is 8.00. The first-order chi connectivity index (χ1) is 25.0. The minimum absolute atomic E-state index is 0.0787. The molecule has 51 heavy (non-hydrogen) atoms. The fourth-order valence-corrected chi connectivity index (χ4v) is 6.45. The maximum atomic E-state index is 13.8. The van der Waals surface area contributed by atoms with Gasteiger partial charge in [0.1, 0.15) is 16.7 Å². The number of carbonyl (C=O) groups is 3. The van der Waals surface area contributed by atoms with Crippen molar-refractivity contribution < 1.29 is 19.1 Å². The van der Waals surface area contributed by atoms with E-state index in [1.165, 1.54) is 11.8 Å².